The van der Waals surface area contributed by atoms with Crippen LogP contribution >= 0.6 is 27.5 Å². The molecule has 34 heavy (non-hydrogen) atoms. The molecule has 0 saturated carbocycles. The summed E-state index contributed by atoms with van der Waals surface area (Å²) in [6.45, 7) is 7.38. The van der Waals surface area contributed by atoms with Crippen molar-refractivity contribution in [2.24, 2.45) is 5.10 Å². The monoisotopic (exact) mass is 549 g/mol. The molecule has 3 aromatic rings. The molecule has 180 valence electrons. The van der Waals surface area contributed by atoms with E-state index >= 15 is 0 Å². The van der Waals surface area contributed by atoms with E-state index in [0.29, 0.717) is 33.1 Å². The molecular weight excluding hydrogens is 526 g/mol. The topological polar surface area (TPSA) is 92.0 Å². The van der Waals surface area contributed by atoms with Crippen molar-refractivity contribution in [3.05, 3.63) is 61.6 Å². The molecule has 2 aromatic carbocycles. The van der Waals surface area contributed by atoms with Crippen molar-refractivity contribution < 1.29 is 19.0 Å². The molecule has 0 radical (unpaired) electrons. The fourth-order valence-corrected chi connectivity index (χ4v) is 3.79. The van der Waals surface area contributed by atoms with Crippen LogP contribution in [0.4, 0.5) is 0 Å². The summed E-state index contributed by atoms with van der Waals surface area (Å²) in [7, 11) is 2.73. The van der Waals surface area contributed by atoms with Crippen LogP contribution in [0.5, 0.6) is 11.5 Å². The normalized spacial score (nSPS) is 12.7. The zero-order valence-electron chi connectivity index (χ0n) is 19.7. The van der Waals surface area contributed by atoms with Gasteiger partial charge in [0.1, 0.15) is 5.82 Å². The molecule has 3 rings (SSSR count). The highest BCUT2D eigenvalue weighted by atomic mass is 79.9. The summed E-state index contributed by atoms with van der Waals surface area (Å²) in [5.74, 6) is 0.447. The fourth-order valence-electron chi connectivity index (χ4n) is 3.21. The molecule has 0 amide bonds. The lowest BCUT2D eigenvalue weighted by Crippen LogP contribution is -2.29. The van der Waals surface area contributed by atoms with E-state index in [2.05, 4.69) is 21.0 Å². The largest absolute Gasteiger partial charge is 0.493 e. The number of ether oxygens (including phenoxy) is 3. The van der Waals surface area contributed by atoms with Gasteiger partial charge in [0.05, 0.1) is 31.3 Å². The van der Waals surface area contributed by atoms with Crippen molar-refractivity contribution in [3.63, 3.8) is 0 Å². The van der Waals surface area contributed by atoms with E-state index in [1.54, 1.807) is 31.2 Å². The third-order valence-electron chi connectivity index (χ3n) is 4.89. The number of esters is 1. The Morgan fingerprint density at radius 2 is 1.94 bits per heavy atom. The summed E-state index contributed by atoms with van der Waals surface area (Å²) in [6.07, 6.45) is 0.510. The van der Waals surface area contributed by atoms with Crippen LogP contribution in [0.25, 0.3) is 10.9 Å². The van der Waals surface area contributed by atoms with Crippen LogP contribution in [-0.2, 0) is 14.9 Å². The SMILES string of the molecule is COC(=O)[C@H](C)Oc1c(C=Nn2c(C(C)(C)C)nc3ccc(Br)cc3c2=O)cc(Cl)cc1OC. The Hall–Kier alpha value is -2.91. The van der Waals surface area contributed by atoms with Crippen LogP contribution in [-0.4, -0.2) is 42.2 Å². The van der Waals surface area contributed by atoms with Gasteiger partial charge in [0.15, 0.2) is 17.6 Å². The van der Waals surface area contributed by atoms with E-state index in [4.69, 9.17) is 30.8 Å². The lowest BCUT2D eigenvalue weighted by Gasteiger charge is -2.21. The highest BCUT2D eigenvalue weighted by Gasteiger charge is 2.24. The van der Waals surface area contributed by atoms with Crippen molar-refractivity contribution in [1.82, 2.24) is 9.66 Å². The number of carbonyl (C=O) groups excluding carboxylic acids is 1. The highest BCUT2D eigenvalue weighted by molar-refractivity contribution is 9.10. The lowest BCUT2D eigenvalue weighted by atomic mass is 9.95. The lowest BCUT2D eigenvalue weighted by molar-refractivity contribution is -0.147. The maximum Gasteiger partial charge on any atom is 0.346 e. The van der Waals surface area contributed by atoms with Crippen molar-refractivity contribution in [2.75, 3.05) is 14.2 Å². The van der Waals surface area contributed by atoms with Gasteiger partial charge < -0.3 is 14.2 Å². The number of rotatable bonds is 6. The van der Waals surface area contributed by atoms with Crippen LogP contribution in [0.2, 0.25) is 5.02 Å². The Bertz CT molecular complexity index is 1330. The first-order valence-corrected chi connectivity index (χ1v) is 11.5. The number of aromatic nitrogens is 2. The summed E-state index contributed by atoms with van der Waals surface area (Å²) in [5.41, 5.74) is 0.167. The number of methoxy groups -OCH3 is 2. The molecule has 0 aliphatic heterocycles. The molecule has 0 bridgehead atoms. The number of hydrogen-bond donors (Lipinski definition) is 0. The van der Waals surface area contributed by atoms with Crippen LogP contribution in [0.15, 0.2) is 44.7 Å². The van der Waals surface area contributed by atoms with Gasteiger partial charge in [0.2, 0.25) is 0 Å². The second-order valence-electron chi connectivity index (χ2n) is 8.52. The van der Waals surface area contributed by atoms with E-state index in [1.807, 2.05) is 26.8 Å². The molecule has 0 unspecified atom stereocenters. The Morgan fingerprint density at radius 3 is 2.56 bits per heavy atom. The van der Waals surface area contributed by atoms with Gasteiger partial charge in [-0.1, -0.05) is 48.3 Å². The summed E-state index contributed by atoms with van der Waals surface area (Å²) >= 11 is 9.67. The zero-order valence-corrected chi connectivity index (χ0v) is 22.0. The quantitative estimate of drug-likeness (QED) is 0.319. The molecule has 1 atom stereocenters. The summed E-state index contributed by atoms with van der Waals surface area (Å²) in [5, 5.41) is 5.24. The maximum absolute atomic E-state index is 13.4. The number of nitrogens with zero attached hydrogens (tertiary/aromatic N) is 3. The van der Waals surface area contributed by atoms with Gasteiger partial charge >= 0.3 is 5.97 Å². The van der Waals surface area contributed by atoms with Crippen molar-refractivity contribution in [3.8, 4) is 11.5 Å². The minimum Gasteiger partial charge on any atom is -0.493 e. The third-order valence-corrected chi connectivity index (χ3v) is 5.60. The van der Waals surface area contributed by atoms with Gasteiger partial charge in [-0.2, -0.15) is 9.78 Å². The predicted octanol–water partition coefficient (Wildman–Crippen LogP) is 4.94. The Morgan fingerprint density at radius 1 is 1.24 bits per heavy atom. The van der Waals surface area contributed by atoms with Gasteiger partial charge in [0, 0.05) is 26.5 Å². The maximum atomic E-state index is 13.4. The fraction of sp³-hybridized carbons (Fsp3) is 0.333. The van der Waals surface area contributed by atoms with E-state index < -0.39 is 17.5 Å². The van der Waals surface area contributed by atoms with E-state index in [-0.39, 0.29) is 11.3 Å². The first kappa shape index (κ1) is 25.7. The van der Waals surface area contributed by atoms with Crippen LogP contribution < -0.4 is 15.0 Å². The molecular formula is C24H25BrClN3O5. The zero-order chi connectivity index (χ0) is 25.2. The minimum absolute atomic E-state index is 0.232. The first-order chi connectivity index (χ1) is 16.0. The van der Waals surface area contributed by atoms with Crippen molar-refractivity contribution in [2.45, 2.75) is 39.2 Å². The molecule has 10 heteroatoms. The number of hydrogen-bond acceptors (Lipinski definition) is 7. The molecule has 0 N–H and O–H groups in total. The summed E-state index contributed by atoms with van der Waals surface area (Å²) in [4.78, 5) is 30.0. The Balaban J connectivity index is 2.21. The third kappa shape index (κ3) is 5.42. The van der Waals surface area contributed by atoms with Crippen LogP contribution in [0.3, 0.4) is 0 Å². The number of fused-ring (bicyclic) bond motifs is 1. The Kier molecular flexibility index (Phi) is 7.67. The second-order valence-corrected chi connectivity index (χ2v) is 9.87. The predicted molar refractivity (Wildman–Crippen MR) is 136 cm³/mol. The molecule has 0 aliphatic rings. The van der Waals surface area contributed by atoms with E-state index in [9.17, 15) is 9.59 Å². The number of carbonyl (C=O) groups is 1. The van der Waals surface area contributed by atoms with Crippen LogP contribution in [0.1, 0.15) is 39.1 Å². The van der Waals surface area contributed by atoms with E-state index in [0.717, 1.165) is 4.47 Å². The van der Waals surface area contributed by atoms with E-state index in [1.165, 1.54) is 25.1 Å². The van der Waals surface area contributed by atoms with Gasteiger partial charge in [-0.25, -0.2) is 9.78 Å². The van der Waals surface area contributed by atoms with Gasteiger partial charge in [0.25, 0.3) is 5.56 Å². The van der Waals surface area contributed by atoms with Crippen molar-refractivity contribution >= 4 is 50.6 Å². The average molecular weight is 551 g/mol. The standard InChI is InChI=1S/C24H25BrClN3O5/c1-13(22(31)33-6)34-20-14(9-16(26)11-19(20)32-5)12-27-29-21(30)17-10-15(25)7-8-18(17)28-23(29)24(2,3)4/h7-13H,1-6H3/t13-/m0/s1. The molecule has 0 saturated heterocycles. The molecule has 0 aliphatic carbocycles. The first-order valence-electron chi connectivity index (χ1n) is 10.4. The number of halogens is 2. The molecule has 1 aromatic heterocycles. The Labute approximate surface area is 210 Å². The van der Waals surface area contributed by atoms with Crippen molar-refractivity contribution in [1.29, 1.82) is 0 Å². The molecule has 8 nitrogen and oxygen atoms in total. The van der Waals surface area contributed by atoms with Gasteiger partial charge in [-0.05, 0) is 31.2 Å². The summed E-state index contributed by atoms with van der Waals surface area (Å²) < 4.78 is 18.0. The van der Waals surface area contributed by atoms with Gasteiger partial charge in [-0.3, -0.25) is 4.79 Å². The molecule has 1 heterocycles. The van der Waals surface area contributed by atoms with Crippen LogP contribution in [0, 0.1) is 0 Å². The summed E-state index contributed by atoms with van der Waals surface area (Å²) in [6, 6.07) is 8.48. The molecule has 0 spiro atoms. The second kappa shape index (κ2) is 10.1. The number of benzene rings is 2. The minimum atomic E-state index is -0.917. The molecule has 0 fully saturated rings. The highest BCUT2D eigenvalue weighted by Crippen LogP contribution is 2.35. The van der Waals surface area contributed by atoms with Gasteiger partial charge in [-0.15, -0.1) is 0 Å². The average Bonchev–Trinajstić information content (AvgIpc) is 2.78. The smallest absolute Gasteiger partial charge is 0.346 e.